The average molecular weight is 410 g/mol. The monoisotopic (exact) mass is 410 g/mol. The maximum atomic E-state index is 12.2. The van der Waals surface area contributed by atoms with Gasteiger partial charge in [0.1, 0.15) is 17.0 Å². The predicted molar refractivity (Wildman–Crippen MR) is 111 cm³/mol. The number of carbonyl (C=O) groups is 1. The number of phenolic OH excluding ortho intramolecular Hbond substituents is 1. The maximum absolute atomic E-state index is 12.2. The molecule has 1 aliphatic rings. The molecule has 0 spiro atoms. The van der Waals surface area contributed by atoms with Crippen molar-refractivity contribution >= 4 is 17.1 Å². The summed E-state index contributed by atoms with van der Waals surface area (Å²) in [6.07, 6.45) is 3.98. The number of likely N-dealkylation sites (tertiary alicyclic amines) is 1. The molecule has 0 saturated carbocycles. The van der Waals surface area contributed by atoms with Gasteiger partial charge in [-0.3, -0.25) is 4.98 Å². The van der Waals surface area contributed by atoms with Crippen LogP contribution in [0.4, 0.5) is 4.79 Å². The van der Waals surface area contributed by atoms with E-state index in [1.807, 2.05) is 26.8 Å². The van der Waals surface area contributed by atoms with Gasteiger partial charge in [0, 0.05) is 25.2 Å². The molecule has 4 rings (SSSR count). The Balaban J connectivity index is 1.37. The van der Waals surface area contributed by atoms with Gasteiger partial charge in [0.05, 0.1) is 22.9 Å². The van der Waals surface area contributed by atoms with Crippen molar-refractivity contribution in [2.24, 2.45) is 5.92 Å². The Hall–Kier alpha value is -3.16. The van der Waals surface area contributed by atoms with Crippen molar-refractivity contribution in [2.75, 3.05) is 13.1 Å². The molecule has 1 N–H and O–H groups in total. The van der Waals surface area contributed by atoms with Crippen molar-refractivity contribution < 1.29 is 19.2 Å². The second-order valence-corrected chi connectivity index (χ2v) is 8.73. The van der Waals surface area contributed by atoms with Crippen LogP contribution in [-0.4, -0.2) is 49.9 Å². The van der Waals surface area contributed by atoms with Crippen LogP contribution in [0, 0.1) is 5.92 Å². The zero-order chi connectivity index (χ0) is 21.3. The Kier molecular flexibility index (Phi) is 5.32. The van der Waals surface area contributed by atoms with E-state index in [9.17, 15) is 9.90 Å². The van der Waals surface area contributed by atoms with Gasteiger partial charge in [-0.25, -0.2) is 9.78 Å². The predicted octanol–water partition coefficient (Wildman–Crippen LogP) is 4.18. The van der Waals surface area contributed by atoms with Crippen LogP contribution in [-0.2, 0) is 11.2 Å². The standard InChI is InChI=1S/C22H26N4O4/c1-22(2,3)29-21(28)26-8-6-14(7-9-26)10-15-11-20(30-25-15)19-13-23-17-5-4-16(27)12-18(17)24-19/h4-5,11-14,27H,6-10H2,1-3H3. The zero-order valence-corrected chi connectivity index (χ0v) is 17.5. The summed E-state index contributed by atoms with van der Waals surface area (Å²) in [4.78, 5) is 22.8. The number of carbonyl (C=O) groups excluding carboxylic acids is 1. The molecule has 3 aromatic rings. The molecule has 0 radical (unpaired) electrons. The van der Waals surface area contributed by atoms with Crippen LogP contribution in [0.1, 0.15) is 39.3 Å². The Bertz CT molecular complexity index is 1050. The second kappa shape index (κ2) is 7.93. The van der Waals surface area contributed by atoms with Crippen LogP contribution in [0.5, 0.6) is 5.75 Å². The molecule has 3 heterocycles. The summed E-state index contributed by atoms with van der Waals surface area (Å²) < 4.78 is 10.9. The van der Waals surface area contributed by atoms with Crippen LogP contribution in [0.3, 0.4) is 0 Å². The molecular formula is C22H26N4O4. The van der Waals surface area contributed by atoms with E-state index >= 15 is 0 Å². The lowest BCUT2D eigenvalue weighted by Gasteiger charge is -2.33. The third kappa shape index (κ3) is 4.69. The molecule has 0 bridgehead atoms. The Labute approximate surface area is 174 Å². The summed E-state index contributed by atoms with van der Waals surface area (Å²) in [5.41, 5.74) is 2.26. The third-order valence-electron chi connectivity index (χ3n) is 5.10. The van der Waals surface area contributed by atoms with E-state index in [0.717, 1.165) is 25.0 Å². The average Bonchev–Trinajstić information content (AvgIpc) is 3.15. The summed E-state index contributed by atoms with van der Waals surface area (Å²) in [7, 11) is 0. The number of aromatic hydroxyl groups is 1. The summed E-state index contributed by atoms with van der Waals surface area (Å²) in [6.45, 7) is 7.00. The number of hydrogen-bond acceptors (Lipinski definition) is 7. The lowest BCUT2D eigenvalue weighted by atomic mass is 9.92. The highest BCUT2D eigenvalue weighted by Crippen LogP contribution is 2.26. The van der Waals surface area contributed by atoms with Crippen molar-refractivity contribution in [3.63, 3.8) is 0 Å². The third-order valence-corrected chi connectivity index (χ3v) is 5.10. The summed E-state index contributed by atoms with van der Waals surface area (Å²) in [5.74, 6) is 1.13. The van der Waals surface area contributed by atoms with Crippen LogP contribution in [0.15, 0.2) is 35.0 Å². The molecule has 0 atom stereocenters. The zero-order valence-electron chi connectivity index (χ0n) is 17.5. The van der Waals surface area contributed by atoms with Gasteiger partial charge in [-0.1, -0.05) is 5.16 Å². The first-order chi connectivity index (χ1) is 14.3. The molecule has 0 aliphatic carbocycles. The van der Waals surface area contributed by atoms with Gasteiger partial charge >= 0.3 is 6.09 Å². The molecule has 8 nitrogen and oxygen atoms in total. The van der Waals surface area contributed by atoms with Crippen molar-refractivity contribution in [3.8, 4) is 17.2 Å². The lowest BCUT2D eigenvalue weighted by Crippen LogP contribution is -2.42. The number of rotatable bonds is 3. The highest BCUT2D eigenvalue weighted by Gasteiger charge is 2.27. The Morgan fingerprint density at radius 3 is 2.73 bits per heavy atom. The molecule has 2 aromatic heterocycles. The normalized spacial score (nSPS) is 15.5. The SMILES string of the molecule is CC(C)(C)OC(=O)N1CCC(Cc2cc(-c3cnc4ccc(O)cc4n3)on2)CC1. The number of fused-ring (bicyclic) bond motifs is 1. The Morgan fingerprint density at radius 2 is 2.00 bits per heavy atom. The molecule has 1 saturated heterocycles. The minimum atomic E-state index is -0.477. The molecule has 158 valence electrons. The first-order valence-electron chi connectivity index (χ1n) is 10.2. The first-order valence-corrected chi connectivity index (χ1v) is 10.2. The van der Waals surface area contributed by atoms with Gasteiger partial charge in [0.15, 0.2) is 5.76 Å². The number of phenols is 1. The van der Waals surface area contributed by atoms with Gasteiger partial charge in [-0.2, -0.15) is 0 Å². The number of aromatic nitrogens is 3. The fraction of sp³-hybridized carbons (Fsp3) is 0.455. The van der Waals surface area contributed by atoms with E-state index in [0.29, 0.717) is 41.5 Å². The van der Waals surface area contributed by atoms with E-state index in [1.165, 1.54) is 0 Å². The molecular weight excluding hydrogens is 384 g/mol. The van der Waals surface area contributed by atoms with E-state index in [4.69, 9.17) is 9.26 Å². The van der Waals surface area contributed by atoms with Gasteiger partial charge < -0.3 is 19.3 Å². The maximum Gasteiger partial charge on any atom is 0.410 e. The quantitative estimate of drug-likeness (QED) is 0.691. The topological polar surface area (TPSA) is 102 Å². The molecule has 1 aromatic carbocycles. The first kappa shape index (κ1) is 20.1. The number of amides is 1. The number of ether oxygens (including phenoxy) is 1. The van der Waals surface area contributed by atoms with E-state index in [1.54, 1.807) is 29.3 Å². The highest BCUT2D eigenvalue weighted by molar-refractivity contribution is 5.77. The summed E-state index contributed by atoms with van der Waals surface area (Å²) in [5, 5.41) is 13.8. The van der Waals surface area contributed by atoms with Crippen molar-refractivity contribution in [3.05, 3.63) is 36.2 Å². The van der Waals surface area contributed by atoms with E-state index < -0.39 is 5.60 Å². The van der Waals surface area contributed by atoms with Gasteiger partial charge in [0.2, 0.25) is 0 Å². The van der Waals surface area contributed by atoms with E-state index in [2.05, 4.69) is 15.1 Å². The van der Waals surface area contributed by atoms with Gasteiger partial charge in [-0.15, -0.1) is 0 Å². The smallest absolute Gasteiger partial charge is 0.410 e. The van der Waals surface area contributed by atoms with Crippen LogP contribution in [0.25, 0.3) is 22.5 Å². The largest absolute Gasteiger partial charge is 0.508 e. The molecule has 1 fully saturated rings. The lowest BCUT2D eigenvalue weighted by molar-refractivity contribution is 0.0184. The van der Waals surface area contributed by atoms with Crippen molar-refractivity contribution in [1.82, 2.24) is 20.0 Å². The number of hydrogen-bond donors (Lipinski definition) is 1. The highest BCUT2D eigenvalue weighted by atomic mass is 16.6. The minimum Gasteiger partial charge on any atom is -0.508 e. The number of benzene rings is 1. The summed E-state index contributed by atoms with van der Waals surface area (Å²) >= 11 is 0. The fourth-order valence-electron chi connectivity index (χ4n) is 3.59. The molecule has 1 amide bonds. The Morgan fingerprint density at radius 1 is 1.23 bits per heavy atom. The van der Waals surface area contributed by atoms with E-state index in [-0.39, 0.29) is 11.8 Å². The molecule has 0 unspecified atom stereocenters. The van der Waals surface area contributed by atoms with Crippen LogP contribution in [0.2, 0.25) is 0 Å². The van der Waals surface area contributed by atoms with Crippen molar-refractivity contribution in [1.29, 1.82) is 0 Å². The summed E-state index contributed by atoms with van der Waals surface area (Å²) in [6, 6.07) is 6.76. The van der Waals surface area contributed by atoms with Crippen LogP contribution >= 0.6 is 0 Å². The van der Waals surface area contributed by atoms with Crippen molar-refractivity contribution in [2.45, 2.75) is 45.6 Å². The van der Waals surface area contributed by atoms with Gasteiger partial charge in [0.25, 0.3) is 0 Å². The van der Waals surface area contributed by atoms with Gasteiger partial charge in [-0.05, 0) is 58.1 Å². The molecule has 8 heteroatoms. The van der Waals surface area contributed by atoms with Crippen LogP contribution < -0.4 is 0 Å². The molecule has 30 heavy (non-hydrogen) atoms. The number of nitrogens with zero attached hydrogens (tertiary/aromatic N) is 4. The second-order valence-electron chi connectivity index (χ2n) is 8.73. The minimum absolute atomic E-state index is 0.143. The number of piperidine rings is 1. The fourth-order valence-corrected chi connectivity index (χ4v) is 3.59. The molecule has 1 aliphatic heterocycles.